The number of likely N-dealkylation sites (tertiary alicyclic amines) is 1. The number of amides is 1. The molecule has 2 heterocycles. The molecule has 1 amide bonds. The molecule has 0 aromatic heterocycles. The van der Waals surface area contributed by atoms with Crippen LogP contribution >= 0.6 is 0 Å². The van der Waals surface area contributed by atoms with Crippen LogP contribution in [0.25, 0.3) is 0 Å². The Balaban J connectivity index is 0.00000337. The molecular weight excluding hydrogens is 576 g/mol. The highest BCUT2D eigenvalue weighted by Crippen LogP contribution is 2.37. The summed E-state index contributed by atoms with van der Waals surface area (Å²) in [4.78, 5) is 14.5. The summed E-state index contributed by atoms with van der Waals surface area (Å²) in [5.74, 6) is -0.437. The number of alkyl halides is 3. The third-order valence-electron chi connectivity index (χ3n) is 7.72. The van der Waals surface area contributed by atoms with Gasteiger partial charge in [-0.3, -0.25) is 14.5 Å². The van der Waals surface area contributed by atoms with E-state index in [2.05, 4.69) is 40.7 Å². The Kier molecular flexibility index (Phi) is 8.85. The van der Waals surface area contributed by atoms with E-state index in [-0.39, 0.29) is 31.6 Å². The number of ether oxygens (including phenoxy) is 1. The number of anilines is 2. The molecule has 42 heavy (non-hydrogen) atoms. The Morgan fingerprint density at radius 1 is 1.12 bits per heavy atom. The third kappa shape index (κ3) is 6.83. The van der Waals surface area contributed by atoms with E-state index in [0.717, 1.165) is 44.8 Å². The quantitative estimate of drug-likeness (QED) is 0.335. The zero-order chi connectivity index (χ0) is 31.0. The lowest BCUT2D eigenvalue weighted by atomic mass is 9.92. The summed E-state index contributed by atoms with van der Waals surface area (Å²) in [5, 5.41) is 5.64. The fraction of sp³-hybridized carbons (Fsp3) is 0.483. The van der Waals surface area contributed by atoms with Gasteiger partial charge in [0, 0.05) is 52.4 Å². The zero-order valence-electron chi connectivity index (χ0n) is 24.0. The predicted molar refractivity (Wildman–Crippen MR) is 156 cm³/mol. The first-order valence-corrected chi connectivity index (χ1v) is 15.1. The molecule has 2 aliphatic rings. The number of nitrogens with one attached hydrogen (secondary N) is 2. The average molecular weight is 617 g/mol. The van der Waals surface area contributed by atoms with Crippen LogP contribution in [0.1, 0.15) is 36.1 Å². The topological polar surface area (TPSA) is 91.0 Å². The van der Waals surface area contributed by atoms with Gasteiger partial charge in [-0.05, 0) is 82.0 Å². The zero-order valence-corrected chi connectivity index (χ0v) is 24.8. The van der Waals surface area contributed by atoms with Gasteiger partial charge in [-0.25, -0.2) is 17.6 Å². The number of rotatable bonds is 9. The molecule has 2 N–H and O–H groups in total. The monoisotopic (exact) mass is 616 g/mol. The second kappa shape index (κ2) is 11.8. The van der Waals surface area contributed by atoms with E-state index in [4.69, 9.17) is 0 Å². The Morgan fingerprint density at radius 3 is 2.36 bits per heavy atom. The molecule has 0 spiro atoms. The summed E-state index contributed by atoms with van der Waals surface area (Å²) < 4.78 is 86.4. The second-order valence-electron chi connectivity index (χ2n) is 11.6. The van der Waals surface area contributed by atoms with Gasteiger partial charge in [0.25, 0.3) is 10.0 Å². The van der Waals surface area contributed by atoms with E-state index in [9.17, 15) is 30.8 Å². The lowest BCUT2D eigenvalue weighted by Crippen LogP contribution is -2.52. The largest absolute Gasteiger partial charge is 0.434 e. The van der Waals surface area contributed by atoms with Crippen molar-refractivity contribution >= 4 is 27.5 Å². The van der Waals surface area contributed by atoms with Gasteiger partial charge in [-0.15, -0.1) is 0 Å². The first kappa shape index (κ1) is 31.6. The van der Waals surface area contributed by atoms with Crippen molar-refractivity contribution in [1.82, 2.24) is 10.2 Å². The van der Waals surface area contributed by atoms with Crippen molar-refractivity contribution in [3.05, 3.63) is 66.1 Å². The molecule has 8 nitrogen and oxygen atoms in total. The highest BCUT2D eigenvalue weighted by atomic mass is 32.2. The Bertz CT molecular complexity index is 1430. The lowest BCUT2D eigenvalue weighted by molar-refractivity contribution is -0.242. The van der Waals surface area contributed by atoms with Crippen molar-refractivity contribution in [3.63, 3.8) is 0 Å². The fourth-order valence-electron chi connectivity index (χ4n) is 4.86. The average Bonchev–Trinajstić information content (AvgIpc) is 2.85. The van der Waals surface area contributed by atoms with Gasteiger partial charge in [0.2, 0.25) is 5.60 Å². The van der Waals surface area contributed by atoms with Crippen LogP contribution in [0.3, 0.4) is 0 Å². The van der Waals surface area contributed by atoms with Gasteiger partial charge in [0.05, 0.1) is 10.6 Å². The minimum Gasteiger partial charge on any atom is -0.434 e. The number of hydrogen-bond acceptors (Lipinski definition) is 6. The van der Waals surface area contributed by atoms with Crippen LogP contribution in [0.5, 0.6) is 0 Å². The number of benzene rings is 2. The highest BCUT2D eigenvalue weighted by Gasteiger charge is 2.51. The fourth-order valence-corrected chi connectivity index (χ4v) is 6.43. The predicted octanol–water partition coefficient (Wildman–Crippen LogP) is 6.02. The molecule has 2 aliphatic heterocycles. The van der Waals surface area contributed by atoms with E-state index >= 15 is 0 Å². The van der Waals surface area contributed by atoms with E-state index < -0.39 is 33.7 Å². The van der Waals surface area contributed by atoms with Gasteiger partial charge in [0.15, 0.2) is 0 Å². The number of halogens is 4. The van der Waals surface area contributed by atoms with Crippen molar-refractivity contribution in [1.29, 1.82) is 0 Å². The second-order valence-corrected chi connectivity index (χ2v) is 13.4. The molecule has 1 saturated heterocycles. The number of carbonyl (C=O) groups excluding carboxylic acids is 1. The van der Waals surface area contributed by atoms with Crippen molar-refractivity contribution in [2.75, 3.05) is 35.8 Å². The molecule has 2 aromatic rings. The van der Waals surface area contributed by atoms with Crippen LogP contribution in [0.15, 0.2) is 59.6 Å². The van der Waals surface area contributed by atoms with Crippen LogP contribution in [-0.2, 0) is 21.2 Å². The molecule has 1 atom stereocenters. The number of sulfonamides is 1. The van der Waals surface area contributed by atoms with Gasteiger partial charge >= 0.3 is 12.3 Å². The molecule has 2 aromatic carbocycles. The Morgan fingerprint density at radius 2 is 1.76 bits per heavy atom. The van der Waals surface area contributed by atoms with Gasteiger partial charge in [-0.1, -0.05) is 12.6 Å². The van der Waals surface area contributed by atoms with Gasteiger partial charge < -0.3 is 10.1 Å². The number of fused-ring (bicyclic) bond motifs is 1. The van der Waals surface area contributed by atoms with Crippen molar-refractivity contribution in [2.45, 2.75) is 56.8 Å². The summed E-state index contributed by atoms with van der Waals surface area (Å²) in [6, 6.07) is 9.38. The molecule has 0 saturated carbocycles. The maximum atomic E-state index is 13.8. The first-order chi connectivity index (χ1) is 19.5. The van der Waals surface area contributed by atoms with Crippen LogP contribution in [0.4, 0.5) is 33.7 Å². The maximum absolute atomic E-state index is 13.8. The molecule has 13 heteroatoms. The first-order valence-electron chi connectivity index (χ1n) is 13.6. The molecular formula is C29H40F4N4O4S. The number of carbonyl (C=O) groups is 1. The summed E-state index contributed by atoms with van der Waals surface area (Å²) >= 11 is 0. The molecule has 0 radical (unpaired) electrons. The number of hydrogen-bond donors (Lipinski definition) is 2. The molecule has 234 valence electrons. The van der Waals surface area contributed by atoms with Crippen molar-refractivity contribution < 1.29 is 38.4 Å². The van der Waals surface area contributed by atoms with E-state index in [0.29, 0.717) is 30.5 Å². The van der Waals surface area contributed by atoms with Crippen LogP contribution in [-0.4, -0.2) is 63.4 Å². The Hall–Kier alpha value is -3.32. The van der Waals surface area contributed by atoms with Gasteiger partial charge in [0.1, 0.15) is 5.82 Å². The summed E-state index contributed by atoms with van der Waals surface area (Å²) in [6.45, 7) is 12.2. The maximum Gasteiger partial charge on any atom is 0.427 e. The normalized spacial score (nSPS) is 18.3. The Labute approximate surface area is 246 Å². The minimum absolute atomic E-state index is 0. The lowest BCUT2D eigenvalue weighted by Gasteiger charge is -2.43. The third-order valence-corrected chi connectivity index (χ3v) is 9.51. The molecule has 1 fully saturated rings. The summed E-state index contributed by atoms with van der Waals surface area (Å²) in [6.07, 6.45) is -5.63. The van der Waals surface area contributed by atoms with E-state index in [1.165, 1.54) is 28.6 Å². The minimum atomic E-state index is -4.79. The molecule has 0 unspecified atom stereocenters. The van der Waals surface area contributed by atoms with E-state index in [1.54, 1.807) is 6.07 Å². The molecule has 4 rings (SSSR count). The molecule has 0 bridgehead atoms. The summed E-state index contributed by atoms with van der Waals surface area (Å²) in [5.41, 5.74) is -0.867. The van der Waals surface area contributed by atoms with Crippen LogP contribution in [0.2, 0.25) is 0 Å². The smallest absolute Gasteiger partial charge is 0.427 e. The standard InChI is InChI=1S/C29H36F4N4O4S.2H2/c1-18(2)36-16-22(17-36)19(3)34-14-20-12-21-6-9-24(35-27(38)41-28(4,5)29(31,32)33)13-26(21)37(15-20)42(39,40)25-10-7-23(30)8-11-25;;/h6-11,13,18,20,22,34H,3,12,14-17H2,1-2,4-5H3,(H,35,38);2*1H/t20-;;/m0../s1. The van der Waals surface area contributed by atoms with Crippen molar-refractivity contribution in [3.8, 4) is 0 Å². The SMILES string of the molecule is C=C(NC[C@@H]1Cc2ccc(NC(=O)OC(C)(C)C(F)(F)F)cc2N(S(=O)(=O)c2ccc(F)cc2)C1)C1CN(C(C)C)C1.[HH].[HH]. The summed E-state index contributed by atoms with van der Waals surface area (Å²) in [7, 11) is -4.17. The van der Waals surface area contributed by atoms with Gasteiger partial charge in [-0.2, -0.15) is 13.2 Å². The van der Waals surface area contributed by atoms with Crippen LogP contribution < -0.4 is 14.9 Å². The van der Waals surface area contributed by atoms with Crippen molar-refractivity contribution in [2.24, 2.45) is 11.8 Å². The highest BCUT2D eigenvalue weighted by molar-refractivity contribution is 7.92. The van der Waals surface area contributed by atoms with E-state index in [1.807, 2.05) is 0 Å². The molecule has 0 aliphatic carbocycles. The number of nitrogens with zero attached hydrogens (tertiary/aromatic N) is 2. The van der Waals surface area contributed by atoms with Crippen LogP contribution in [0, 0.1) is 17.7 Å².